The molecule has 2 rings (SSSR count). The maximum absolute atomic E-state index is 11.8. The predicted octanol–water partition coefficient (Wildman–Crippen LogP) is 3.04. The molecule has 0 saturated heterocycles. The van der Waals surface area contributed by atoms with Crippen LogP contribution in [0.25, 0.3) is 0 Å². The minimum absolute atomic E-state index is 0.118. The fourth-order valence-corrected chi connectivity index (χ4v) is 3.24. The molecule has 1 aromatic carbocycles. The first kappa shape index (κ1) is 18.8. The lowest BCUT2D eigenvalue weighted by molar-refractivity contribution is -0.123. The number of hydrogen-bond donors (Lipinski definition) is 3. The first-order valence-corrected chi connectivity index (χ1v) is 8.98. The lowest BCUT2D eigenvalue weighted by Crippen LogP contribution is -2.53. The summed E-state index contributed by atoms with van der Waals surface area (Å²) in [7, 11) is 0. The molecule has 0 unspecified atom stereocenters. The van der Waals surface area contributed by atoms with Crippen molar-refractivity contribution in [3.05, 3.63) is 29.3 Å². The molecule has 132 valence electrons. The maximum Gasteiger partial charge on any atom is 0.276 e. The van der Waals surface area contributed by atoms with Crippen LogP contribution in [0.4, 0.5) is 0 Å². The van der Waals surface area contributed by atoms with E-state index in [1.54, 1.807) is 24.3 Å². The van der Waals surface area contributed by atoms with Gasteiger partial charge in [0.15, 0.2) is 11.7 Å². The normalized spacial score (nSPS) is 23.2. The standard InChI is InChI=1S/C17H24ClN3O2S/c1-11-5-3-8-15(12(11)2)19-17(24)21-20-16(22)10-23-14-7-4-6-13(18)9-14/h4,6-7,9,11-12,15H,3,5,8,10H2,1-2H3,(H,20,22)(H2,19,21,24)/t11-,12+,15+/m0/s1. The van der Waals surface area contributed by atoms with Gasteiger partial charge in [0.05, 0.1) is 0 Å². The van der Waals surface area contributed by atoms with Crippen LogP contribution in [0.3, 0.4) is 0 Å². The maximum atomic E-state index is 11.8. The molecular formula is C17H24ClN3O2S. The third-order valence-electron chi connectivity index (χ3n) is 4.50. The number of carbonyl (C=O) groups is 1. The number of nitrogens with one attached hydrogen (secondary N) is 3. The zero-order valence-corrected chi connectivity index (χ0v) is 15.5. The summed E-state index contributed by atoms with van der Waals surface area (Å²) in [4.78, 5) is 11.8. The van der Waals surface area contributed by atoms with Gasteiger partial charge in [-0.3, -0.25) is 15.6 Å². The van der Waals surface area contributed by atoms with E-state index >= 15 is 0 Å². The second-order valence-corrected chi connectivity index (χ2v) is 7.11. The Kier molecular flexibility index (Phi) is 7.12. The summed E-state index contributed by atoms with van der Waals surface area (Å²) in [5.41, 5.74) is 5.26. The molecule has 0 aromatic heterocycles. The van der Waals surface area contributed by atoms with Crippen LogP contribution < -0.4 is 20.9 Å². The third-order valence-corrected chi connectivity index (χ3v) is 4.96. The van der Waals surface area contributed by atoms with Crippen molar-refractivity contribution < 1.29 is 9.53 Å². The number of thiocarbonyl (C=S) groups is 1. The summed E-state index contributed by atoms with van der Waals surface area (Å²) in [6.45, 7) is 4.39. The van der Waals surface area contributed by atoms with Crippen LogP contribution in [0.1, 0.15) is 33.1 Å². The highest BCUT2D eigenvalue weighted by Gasteiger charge is 2.27. The van der Waals surface area contributed by atoms with E-state index in [0.717, 1.165) is 6.42 Å². The molecule has 0 aliphatic heterocycles. The van der Waals surface area contributed by atoms with E-state index in [-0.39, 0.29) is 12.5 Å². The van der Waals surface area contributed by atoms with E-state index in [4.69, 9.17) is 28.6 Å². The van der Waals surface area contributed by atoms with Gasteiger partial charge in [-0.25, -0.2) is 0 Å². The Morgan fingerprint density at radius 3 is 2.88 bits per heavy atom. The molecule has 0 heterocycles. The third kappa shape index (κ3) is 5.83. The van der Waals surface area contributed by atoms with Crippen molar-refractivity contribution in [1.29, 1.82) is 0 Å². The molecule has 24 heavy (non-hydrogen) atoms. The molecule has 1 fully saturated rings. The van der Waals surface area contributed by atoms with Crippen LogP contribution >= 0.6 is 23.8 Å². The van der Waals surface area contributed by atoms with Crippen molar-refractivity contribution in [2.45, 2.75) is 39.2 Å². The minimum atomic E-state index is -0.316. The summed E-state index contributed by atoms with van der Waals surface area (Å²) in [6, 6.07) is 7.24. The van der Waals surface area contributed by atoms with Gasteiger partial charge in [0.25, 0.3) is 5.91 Å². The Morgan fingerprint density at radius 1 is 1.33 bits per heavy atom. The van der Waals surface area contributed by atoms with Gasteiger partial charge in [0, 0.05) is 11.1 Å². The first-order chi connectivity index (χ1) is 11.5. The number of halogens is 1. The highest BCUT2D eigenvalue weighted by molar-refractivity contribution is 7.80. The fraction of sp³-hybridized carbons (Fsp3) is 0.529. The number of rotatable bonds is 4. The van der Waals surface area contributed by atoms with Gasteiger partial charge in [-0.15, -0.1) is 0 Å². The highest BCUT2D eigenvalue weighted by atomic mass is 35.5. The van der Waals surface area contributed by atoms with Crippen LogP contribution in [0.5, 0.6) is 5.75 Å². The Balaban J connectivity index is 1.68. The molecule has 1 saturated carbocycles. The Labute approximate surface area is 153 Å². The lowest BCUT2D eigenvalue weighted by Gasteiger charge is -2.35. The summed E-state index contributed by atoms with van der Waals surface area (Å²) in [5.74, 6) is 1.47. The van der Waals surface area contributed by atoms with Crippen LogP contribution in [0.15, 0.2) is 24.3 Å². The fourth-order valence-electron chi connectivity index (χ4n) is 2.86. The van der Waals surface area contributed by atoms with Crippen molar-refractivity contribution in [2.75, 3.05) is 6.61 Å². The zero-order valence-electron chi connectivity index (χ0n) is 14.0. The van der Waals surface area contributed by atoms with Gasteiger partial charge in [0.1, 0.15) is 5.75 Å². The highest BCUT2D eigenvalue weighted by Crippen LogP contribution is 2.29. The molecule has 0 radical (unpaired) electrons. The zero-order chi connectivity index (χ0) is 17.5. The summed E-state index contributed by atoms with van der Waals surface area (Å²) in [6.07, 6.45) is 3.56. The number of benzene rings is 1. The van der Waals surface area contributed by atoms with Crippen molar-refractivity contribution in [1.82, 2.24) is 16.2 Å². The van der Waals surface area contributed by atoms with Gasteiger partial charge in [0.2, 0.25) is 0 Å². The quantitative estimate of drug-likeness (QED) is 0.562. The average Bonchev–Trinajstić information content (AvgIpc) is 2.55. The number of carbonyl (C=O) groups excluding carboxylic acids is 1. The number of hydrazine groups is 1. The van der Waals surface area contributed by atoms with Gasteiger partial charge in [-0.1, -0.05) is 44.4 Å². The van der Waals surface area contributed by atoms with E-state index < -0.39 is 0 Å². The van der Waals surface area contributed by atoms with Crippen molar-refractivity contribution >= 4 is 34.8 Å². The minimum Gasteiger partial charge on any atom is -0.484 e. The molecule has 5 nitrogen and oxygen atoms in total. The largest absolute Gasteiger partial charge is 0.484 e. The van der Waals surface area contributed by atoms with E-state index in [0.29, 0.717) is 33.8 Å². The molecule has 0 bridgehead atoms. The number of ether oxygens (including phenoxy) is 1. The van der Waals surface area contributed by atoms with Crippen LogP contribution in [-0.4, -0.2) is 23.7 Å². The molecule has 1 aliphatic carbocycles. The molecule has 1 aromatic rings. The van der Waals surface area contributed by atoms with E-state index in [2.05, 4.69) is 30.0 Å². The van der Waals surface area contributed by atoms with Gasteiger partial charge in [-0.2, -0.15) is 0 Å². The van der Waals surface area contributed by atoms with E-state index in [1.165, 1.54) is 12.8 Å². The summed E-state index contributed by atoms with van der Waals surface area (Å²) >= 11 is 11.1. The number of hydrogen-bond acceptors (Lipinski definition) is 3. The Bertz CT molecular complexity index is 585. The van der Waals surface area contributed by atoms with Crippen molar-refractivity contribution in [3.63, 3.8) is 0 Å². The first-order valence-electron chi connectivity index (χ1n) is 8.19. The second kappa shape index (κ2) is 9.08. The lowest BCUT2D eigenvalue weighted by atomic mass is 9.78. The predicted molar refractivity (Wildman–Crippen MR) is 99.9 cm³/mol. The van der Waals surface area contributed by atoms with E-state index in [9.17, 15) is 4.79 Å². The van der Waals surface area contributed by atoms with Crippen LogP contribution in [-0.2, 0) is 4.79 Å². The Hall–Kier alpha value is -1.53. The van der Waals surface area contributed by atoms with Crippen LogP contribution in [0, 0.1) is 11.8 Å². The second-order valence-electron chi connectivity index (χ2n) is 6.27. The Morgan fingerprint density at radius 2 is 2.12 bits per heavy atom. The molecule has 0 spiro atoms. The smallest absolute Gasteiger partial charge is 0.276 e. The summed E-state index contributed by atoms with van der Waals surface area (Å²) in [5, 5.41) is 4.27. The van der Waals surface area contributed by atoms with Crippen molar-refractivity contribution in [3.8, 4) is 5.75 Å². The van der Waals surface area contributed by atoms with E-state index in [1.807, 2.05) is 0 Å². The average molecular weight is 370 g/mol. The molecule has 3 atom stereocenters. The van der Waals surface area contributed by atoms with Gasteiger partial charge < -0.3 is 10.1 Å². The summed E-state index contributed by atoms with van der Waals surface area (Å²) < 4.78 is 5.36. The van der Waals surface area contributed by atoms with Gasteiger partial charge in [-0.05, 0) is 48.7 Å². The monoisotopic (exact) mass is 369 g/mol. The van der Waals surface area contributed by atoms with Crippen LogP contribution in [0.2, 0.25) is 5.02 Å². The van der Waals surface area contributed by atoms with Gasteiger partial charge >= 0.3 is 0 Å². The molecule has 1 amide bonds. The SMILES string of the molecule is C[C@@H]1[C@@H](C)CCC[C@H]1NC(=S)NNC(=O)COc1cccc(Cl)c1. The van der Waals surface area contributed by atoms with Crippen molar-refractivity contribution in [2.24, 2.45) is 11.8 Å². The molecule has 1 aliphatic rings. The molecular weight excluding hydrogens is 346 g/mol. The molecule has 7 heteroatoms. The topological polar surface area (TPSA) is 62.4 Å². The molecule has 3 N–H and O–H groups in total. The number of amides is 1.